The molecule has 0 spiro atoms. The van der Waals surface area contributed by atoms with Gasteiger partial charge in [0.2, 0.25) is 0 Å². The fraction of sp³-hybridized carbons (Fsp3) is 0.571. The van der Waals surface area contributed by atoms with E-state index in [1.165, 1.54) is 0 Å². The highest BCUT2D eigenvalue weighted by molar-refractivity contribution is 5.91. The summed E-state index contributed by atoms with van der Waals surface area (Å²) in [5.41, 5.74) is 8.98. The van der Waals surface area contributed by atoms with Crippen LogP contribution >= 0.6 is 0 Å². The number of hydrogen-bond donors (Lipinski definition) is 1. The second kappa shape index (κ2) is 4.49. The van der Waals surface area contributed by atoms with Crippen LogP contribution in [0.2, 0.25) is 0 Å². The van der Waals surface area contributed by atoms with Crippen molar-refractivity contribution < 1.29 is 4.74 Å². The van der Waals surface area contributed by atoms with Crippen molar-refractivity contribution in [3.8, 4) is 0 Å². The number of fused-ring (bicyclic) bond motifs is 1. The van der Waals surface area contributed by atoms with Crippen molar-refractivity contribution in [3.05, 3.63) is 17.1 Å². The van der Waals surface area contributed by atoms with Gasteiger partial charge < -0.3 is 15.0 Å². The monoisotopic (exact) mass is 262 g/mol. The Morgan fingerprint density at radius 3 is 2.42 bits per heavy atom. The molecule has 2 aromatic rings. The molecule has 5 heteroatoms. The maximum atomic E-state index is 6.04. The lowest BCUT2D eigenvalue weighted by Gasteiger charge is -2.24. The molecule has 5 nitrogen and oxygen atoms in total. The zero-order valence-corrected chi connectivity index (χ0v) is 12.5. The number of rotatable bonds is 3. The molecule has 0 aliphatic heterocycles. The summed E-state index contributed by atoms with van der Waals surface area (Å²) in [6.45, 7) is 10.9. The van der Waals surface area contributed by atoms with Gasteiger partial charge in [-0.1, -0.05) is 0 Å². The molecule has 0 radical (unpaired) electrons. The molecule has 2 aromatic heterocycles. The van der Waals surface area contributed by atoms with E-state index in [4.69, 9.17) is 10.5 Å². The smallest absolute Gasteiger partial charge is 0.146 e. The van der Waals surface area contributed by atoms with Gasteiger partial charge in [0.25, 0.3) is 0 Å². The van der Waals surface area contributed by atoms with Crippen LogP contribution in [-0.2, 0) is 11.3 Å². The first-order valence-corrected chi connectivity index (χ1v) is 6.41. The van der Waals surface area contributed by atoms with Crippen LogP contribution in [0.25, 0.3) is 11.0 Å². The van der Waals surface area contributed by atoms with Crippen molar-refractivity contribution >= 4 is 16.9 Å². The summed E-state index contributed by atoms with van der Waals surface area (Å²) in [6, 6.07) is 0. The van der Waals surface area contributed by atoms with Crippen LogP contribution in [0.15, 0.2) is 0 Å². The topological polar surface area (TPSA) is 66.0 Å². The number of methoxy groups -OCH3 is 1. The van der Waals surface area contributed by atoms with E-state index in [1.807, 2.05) is 6.92 Å². The zero-order chi connectivity index (χ0) is 14.4. The third-order valence-electron chi connectivity index (χ3n) is 3.70. The molecule has 0 unspecified atom stereocenters. The van der Waals surface area contributed by atoms with Gasteiger partial charge in [-0.25, -0.2) is 9.97 Å². The number of nitrogen functional groups attached to an aromatic ring is 1. The molecule has 19 heavy (non-hydrogen) atoms. The van der Waals surface area contributed by atoms with E-state index in [0.29, 0.717) is 11.6 Å². The summed E-state index contributed by atoms with van der Waals surface area (Å²) in [6.07, 6.45) is 0. The molecule has 0 atom stereocenters. The van der Waals surface area contributed by atoms with Crippen molar-refractivity contribution in [1.29, 1.82) is 0 Å². The van der Waals surface area contributed by atoms with Crippen LogP contribution in [0, 0.1) is 20.8 Å². The van der Waals surface area contributed by atoms with E-state index in [0.717, 1.165) is 28.8 Å². The van der Waals surface area contributed by atoms with Gasteiger partial charge in [-0.15, -0.1) is 0 Å². The highest BCUT2D eigenvalue weighted by atomic mass is 16.5. The molecule has 0 aromatic carbocycles. The number of aromatic nitrogens is 3. The number of ether oxygens (including phenoxy) is 1. The van der Waals surface area contributed by atoms with Gasteiger partial charge in [-0.3, -0.25) is 0 Å². The zero-order valence-electron chi connectivity index (χ0n) is 12.5. The molecule has 2 N–H and O–H groups in total. The molecule has 0 saturated carbocycles. The summed E-state index contributed by atoms with van der Waals surface area (Å²) in [7, 11) is 1.72. The van der Waals surface area contributed by atoms with Crippen LogP contribution in [-0.4, -0.2) is 27.2 Å². The van der Waals surface area contributed by atoms with E-state index in [2.05, 4.69) is 42.2 Å². The standard InChI is InChI=1S/C14H22N4O/c1-8-9(2)18(7-14(4,5)19-6)13-11(8)12(15)16-10(3)17-13/h7H2,1-6H3,(H2,15,16,17). The maximum Gasteiger partial charge on any atom is 0.146 e. The lowest BCUT2D eigenvalue weighted by atomic mass is 10.1. The van der Waals surface area contributed by atoms with Crippen molar-refractivity contribution in [1.82, 2.24) is 14.5 Å². The van der Waals surface area contributed by atoms with Crippen LogP contribution in [0.4, 0.5) is 5.82 Å². The second-order valence-corrected chi connectivity index (χ2v) is 5.62. The summed E-state index contributed by atoms with van der Waals surface area (Å²) >= 11 is 0. The average molecular weight is 262 g/mol. The molecular formula is C14H22N4O. The molecule has 2 heterocycles. The number of anilines is 1. The second-order valence-electron chi connectivity index (χ2n) is 5.62. The Morgan fingerprint density at radius 1 is 1.21 bits per heavy atom. The first-order valence-electron chi connectivity index (χ1n) is 6.41. The van der Waals surface area contributed by atoms with Crippen LogP contribution < -0.4 is 5.73 Å². The fourth-order valence-corrected chi connectivity index (χ4v) is 2.32. The average Bonchev–Trinajstić information content (AvgIpc) is 2.54. The summed E-state index contributed by atoms with van der Waals surface area (Å²) in [5, 5.41) is 0.954. The van der Waals surface area contributed by atoms with Gasteiger partial charge in [0.05, 0.1) is 17.5 Å². The van der Waals surface area contributed by atoms with Crippen LogP contribution in [0.3, 0.4) is 0 Å². The van der Waals surface area contributed by atoms with Crippen LogP contribution in [0.1, 0.15) is 30.9 Å². The highest BCUT2D eigenvalue weighted by Crippen LogP contribution is 2.29. The van der Waals surface area contributed by atoms with Gasteiger partial charge in [0.1, 0.15) is 17.3 Å². The quantitative estimate of drug-likeness (QED) is 0.922. The molecule has 2 rings (SSSR count). The number of hydrogen-bond acceptors (Lipinski definition) is 4. The minimum Gasteiger partial charge on any atom is -0.383 e. The van der Waals surface area contributed by atoms with Gasteiger partial charge in [0.15, 0.2) is 0 Å². The third kappa shape index (κ3) is 2.30. The minimum absolute atomic E-state index is 0.253. The summed E-state index contributed by atoms with van der Waals surface area (Å²) < 4.78 is 7.69. The molecular weight excluding hydrogens is 240 g/mol. The Labute approximate surface area is 113 Å². The lowest BCUT2D eigenvalue weighted by molar-refractivity contribution is 0.00860. The van der Waals surface area contributed by atoms with Gasteiger partial charge in [-0.05, 0) is 40.2 Å². The van der Waals surface area contributed by atoms with Gasteiger partial charge in [-0.2, -0.15) is 0 Å². The summed E-state index contributed by atoms with van der Waals surface area (Å²) in [4.78, 5) is 8.81. The van der Waals surface area contributed by atoms with E-state index in [9.17, 15) is 0 Å². The highest BCUT2D eigenvalue weighted by Gasteiger charge is 2.23. The molecule has 104 valence electrons. The molecule has 0 bridgehead atoms. The number of nitrogens with two attached hydrogens (primary N) is 1. The van der Waals surface area contributed by atoms with E-state index in [1.54, 1.807) is 7.11 Å². The SMILES string of the molecule is COC(C)(C)Cn1c(C)c(C)c2c(N)nc(C)nc21. The normalized spacial score (nSPS) is 12.3. The molecule has 0 fully saturated rings. The molecule has 0 aliphatic rings. The van der Waals surface area contributed by atoms with Gasteiger partial charge in [0, 0.05) is 12.8 Å². The fourth-order valence-electron chi connectivity index (χ4n) is 2.32. The van der Waals surface area contributed by atoms with Crippen molar-refractivity contribution in [2.75, 3.05) is 12.8 Å². The number of aryl methyl sites for hydroxylation is 2. The Morgan fingerprint density at radius 2 is 1.84 bits per heavy atom. The summed E-state index contributed by atoms with van der Waals surface area (Å²) in [5.74, 6) is 1.25. The maximum absolute atomic E-state index is 6.04. The van der Waals surface area contributed by atoms with E-state index < -0.39 is 0 Å². The Hall–Kier alpha value is -1.62. The minimum atomic E-state index is -0.253. The van der Waals surface area contributed by atoms with Crippen molar-refractivity contribution in [3.63, 3.8) is 0 Å². The largest absolute Gasteiger partial charge is 0.383 e. The Bertz CT molecular complexity index is 628. The molecule has 0 saturated heterocycles. The predicted octanol–water partition coefficient (Wildman–Crippen LogP) is 2.36. The van der Waals surface area contributed by atoms with Gasteiger partial charge >= 0.3 is 0 Å². The Kier molecular flexibility index (Phi) is 3.26. The Balaban J connectivity index is 2.71. The predicted molar refractivity (Wildman–Crippen MR) is 77.2 cm³/mol. The van der Waals surface area contributed by atoms with Crippen molar-refractivity contribution in [2.45, 2.75) is 46.8 Å². The number of nitrogens with zero attached hydrogens (tertiary/aromatic N) is 3. The lowest BCUT2D eigenvalue weighted by Crippen LogP contribution is -2.29. The van der Waals surface area contributed by atoms with Crippen molar-refractivity contribution in [2.24, 2.45) is 0 Å². The van der Waals surface area contributed by atoms with E-state index in [-0.39, 0.29) is 5.60 Å². The molecule has 0 aliphatic carbocycles. The van der Waals surface area contributed by atoms with E-state index >= 15 is 0 Å². The first-order chi connectivity index (χ1) is 8.76. The molecule has 0 amide bonds. The third-order valence-corrected chi connectivity index (χ3v) is 3.70. The first kappa shape index (κ1) is 13.8. The van der Waals surface area contributed by atoms with Crippen LogP contribution in [0.5, 0.6) is 0 Å².